The van der Waals surface area contributed by atoms with Crippen molar-refractivity contribution in [3.05, 3.63) is 0 Å². The Kier molecular flexibility index (Phi) is 6.17. The summed E-state index contributed by atoms with van der Waals surface area (Å²) in [6, 6.07) is 0. The molecule has 1 saturated heterocycles. The third kappa shape index (κ3) is 5.61. The molecule has 0 bridgehead atoms. The van der Waals surface area contributed by atoms with Crippen molar-refractivity contribution in [1.82, 2.24) is 10.2 Å². The third-order valence-electron chi connectivity index (χ3n) is 2.47. The molecule has 0 aromatic carbocycles. The van der Waals surface area contributed by atoms with Crippen LogP contribution >= 0.6 is 15.5 Å². The van der Waals surface area contributed by atoms with E-state index in [1.807, 2.05) is 13.8 Å². The summed E-state index contributed by atoms with van der Waals surface area (Å²) in [5, 5.41) is 5.26. The van der Waals surface area contributed by atoms with E-state index in [2.05, 4.69) is 10.2 Å². The lowest BCUT2D eigenvalue weighted by Crippen LogP contribution is -2.34. The first-order valence-corrected chi connectivity index (χ1v) is 8.94. The fraction of sp³-hybridized carbons (Fsp3) is 1.00. The second kappa shape index (κ2) is 6.78. The van der Waals surface area contributed by atoms with Crippen LogP contribution in [0.2, 0.25) is 0 Å². The summed E-state index contributed by atoms with van der Waals surface area (Å²) in [5.41, 5.74) is -0.143. The Hall–Kier alpha value is 0.220. The van der Waals surface area contributed by atoms with Gasteiger partial charge in [-0.25, -0.2) is 19.3 Å². The molecule has 0 aromatic rings. The molecule has 19 heavy (non-hydrogen) atoms. The predicted molar refractivity (Wildman–Crippen MR) is 70.9 cm³/mol. The van der Waals surface area contributed by atoms with Gasteiger partial charge in [-0.15, -0.1) is 0 Å². The van der Waals surface area contributed by atoms with E-state index in [9.17, 15) is 9.13 Å². The van der Waals surface area contributed by atoms with Crippen molar-refractivity contribution < 1.29 is 27.2 Å². The maximum Gasteiger partial charge on any atom is 0.405 e. The monoisotopic (exact) mass is 316 g/mol. The smallest absolute Gasteiger partial charge is 0.300 e. The number of hydrogen-bond donors (Lipinski definition) is 2. The molecule has 1 aliphatic heterocycles. The number of rotatable bonds is 7. The minimum atomic E-state index is -3.26. The summed E-state index contributed by atoms with van der Waals surface area (Å²) < 4.78 is 43.6. The Bertz CT molecular complexity index is 367. The molecule has 2 N–H and O–H groups in total. The van der Waals surface area contributed by atoms with Crippen LogP contribution in [0.15, 0.2) is 0 Å². The lowest BCUT2D eigenvalue weighted by atomic mass is 9.97. The highest BCUT2D eigenvalue weighted by atomic mass is 31.2. The van der Waals surface area contributed by atoms with Crippen molar-refractivity contribution in [2.24, 2.45) is 5.41 Å². The van der Waals surface area contributed by atoms with Crippen LogP contribution in [0.1, 0.15) is 13.8 Å². The van der Waals surface area contributed by atoms with Crippen LogP contribution in [0.4, 0.5) is 0 Å². The molecular formula is C9H22N2O6P2. The molecule has 1 aliphatic rings. The second-order valence-electron chi connectivity index (χ2n) is 4.89. The van der Waals surface area contributed by atoms with Gasteiger partial charge in [-0.2, -0.15) is 0 Å². The molecule has 1 heterocycles. The Morgan fingerprint density at radius 1 is 1.21 bits per heavy atom. The minimum Gasteiger partial charge on any atom is -0.300 e. The van der Waals surface area contributed by atoms with Gasteiger partial charge in [0.15, 0.2) is 0 Å². The second-order valence-corrected chi connectivity index (χ2v) is 8.76. The molecule has 1 rings (SSSR count). The van der Waals surface area contributed by atoms with E-state index in [1.54, 1.807) is 0 Å². The fourth-order valence-corrected chi connectivity index (χ4v) is 3.75. The summed E-state index contributed by atoms with van der Waals surface area (Å²) in [6.45, 7) is 5.13. The number of hydrogen-bond acceptors (Lipinski definition) is 6. The van der Waals surface area contributed by atoms with Gasteiger partial charge < -0.3 is 9.05 Å². The molecule has 0 saturated carbocycles. The van der Waals surface area contributed by atoms with Gasteiger partial charge in [0.05, 0.1) is 13.2 Å². The maximum atomic E-state index is 12.1. The quantitative estimate of drug-likeness (QED) is 0.542. The van der Waals surface area contributed by atoms with E-state index >= 15 is 0 Å². The molecule has 0 aliphatic carbocycles. The summed E-state index contributed by atoms with van der Waals surface area (Å²) in [4.78, 5) is 0. The Balaban J connectivity index is 2.30. The first-order valence-electron chi connectivity index (χ1n) is 5.85. The van der Waals surface area contributed by atoms with Crippen LogP contribution in [0.5, 0.6) is 0 Å². The molecule has 0 unspecified atom stereocenters. The Morgan fingerprint density at radius 2 is 1.74 bits per heavy atom. The average Bonchev–Trinajstić information content (AvgIpc) is 2.39. The topological polar surface area (TPSA) is 95.1 Å². The van der Waals surface area contributed by atoms with Crippen molar-refractivity contribution in [2.45, 2.75) is 13.8 Å². The summed E-state index contributed by atoms with van der Waals surface area (Å²) in [5.74, 6) is 0. The van der Waals surface area contributed by atoms with Gasteiger partial charge in [0, 0.05) is 32.7 Å². The predicted octanol–water partition coefficient (Wildman–Crippen LogP) is 1.75. The van der Waals surface area contributed by atoms with Crippen LogP contribution in [0.25, 0.3) is 0 Å². The Labute approximate surface area is 113 Å². The zero-order valence-corrected chi connectivity index (χ0v) is 13.5. The first kappa shape index (κ1) is 17.3. The van der Waals surface area contributed by atoms with Gasteiger partial charge in [-0.3, -0.25) is 9.05 Å². The lowest BCUT2D eigenvalue weighted by Gasteiger charge is -2.33. The zero-order valence-electron chi connectivity index (χ0n) is 11.7. The maximum absolute atomic E-state index is 12.1. The molecule has 8 nitrogen and oxygen atoms in total. The fourth-order valence-electron chi connectivity index (χ4n) is 1.28. The molecule has 114 valence electrons. The van der Waals surface area contributed by atoms with Crippen LogP contribution in [0, 0.1) is 5.41 Å². The van der Waals surface area contributed by atoms with Crippen LogP contribution in [0.3, 0.4) is 0 Å². The van der Waals surface area contributed by atoms with E-state index in [0.717, 1.165) is 0 Å². The van der Waals surface area contributed by atoms with Gasteiger partial charge in [0.25, 0.3) is 0 Å². The number of nitrogens with one attached hydrogen (secondary N) is 2. The molecule has 0 atom stereocenters. The van der Waals surface area contributed by atoms with Gasteiger partial charge in [-0.1, -0.05) is 13.8 Å². The van der Waals surface area contributed by atoms with Gasteiger partial charge in [-0.05, 0) is 0 Å². The zero-order chi connectivity index (χ0) is 14.6. The van der Waals surface area contributed by atoms with Gasteiger partial charge in [0.1, 0.15) is 0 Å². The normalized spacial score (nSPS) is 22.3. The van der Waals surface area contributed by atoms with E-state index in [-0.39, 0.29) is 18.5 Å². The van der Waals surface area contributed by atoms with Crippen LogP contribution in [-0.4, -0.2) is 40.5 Å². The van der Waals surface area contributed by atoms with Crippen molar-refractivity contribution >= 4 is 15.5 Å². The van der Waals surface area contributed by atoms with Gasteiger partial charge >= 0.3 is 15.5 Å². The Morgan fingerprint density at radius 3 is 2.21 bits per heavy atom. The molecule has 10 heteroatoms. The first-order chi connectivity index (χ1) is 8.74. The largest absolute Gasteiger partial charge is 0.405 e. The molecule has 0 aromatic heterocycles. The van der Waals surface area contributed by atoms with Crippen molar-refractivity contribution in [2.75, 3.05) is 40.5 Å². The third-order valence-corrected chi connectivity index (χ3v) is 5.59. The summed E-state index contributed by atoms with van der Waals surface area (Å²) in [6.07, 6.45) is 0. The van der Waals surface area contributed by atoms with E-state index in [0.29, 0.717) is 13.2 Å². The van der Waals surface area contributed by atoms with Crippen molar-refractivity contribution in [3.63, 3.8) is 0 Å². The van der Waals surface area contributed by atoms with Crippen molar-refractivity contribution in [3.8, 4) is 0 Å². The lowest BCUT2D eigenvalue weighted by molar-refractivity contribution is 0.0373. The molecule has 0 amide bonds. The van der Waals surface area contributed by atoms with Crippen molar-refractivity contribution in [1.29, 1.82) is 0 Å². The van der Waals surface area contributed by atoms with Crippen LogP contribution < -0.4 is 10.2 Å². The van der Waals surface area contributed by atoms with E-state index in [4.69, 9.17) is 18.1 Å². The molecular weight excluding hydrogens is 294 g/mol. The molecule has 1 fully saturated rings. The average molecular weight is 316 g/mol. The van der Waals surface area contributed by atoms with Gasteiger partial charge in [0.2, 0.25) is 0 Å². The highest BCUT2D eigenvalue weighted by Crippen LogP contribution is 2.49. The standard InChI is InChI=1S/C9H22N2O6P2/c1-9(2)7-16-19(13,17-8-9)11-6-5-10-18(12,14-3)15-4/h5-8H2,1-4H3,(H,10,12)(H,11,13). The summed E-state index contributed by atoms with van der Waals surface area (Å²) >= 11 is 0. The molecule has 0 spiro atoms. The minimum absolute atomic E-state index is 0.143. The highest BCUT2D eigenvalue weighted by Gasteiger charge is 2.36. The van der Waals surface area contributed by atoms with E-state index < -0.39 is 15.5 Å². The van der Waals surface area contributed by atoms with Crippen LogP contribution in [-0.2, 0) is 27.2 Å². The summed E-state index contributed by atoms with van der Waals surface area (Å²) in [7, 11) is -3.95. The SMILES string of the molecule is COP(=O)(NCCNP1(=O)OCC(C)(C)CO1)OC. The highest BCUT2D eigenvalue weighted by molar-refractivity contribution is 7.52. The van der Waals surface area contributed by atoms with E-state index in [1.165, 1.54) is 14.2 Å². The molecule has 0 radical (unpaired) electrons.